The lowest BCUT2D eigenvalue weighted by Gasteiger charge is -2.07. The van der Waals surface area contributed by atoms with Crippen molar-refractivity contribution in [3.63, 3.8) is 0 Å². The normalized spacial score (nSPS) is 10.8. The lowest BCUT2D eigenvalue weighted by atomic mass is 10.2. The molecule has 1 aromatic carbocycles. The quantitative estimate of drug-likeness (QED) is 0.750. The van der Waals surface area contributed by atoms with Crippen LogP contribution in [0.3, 0.4) is 0 Å². The summed E-state index contributed by atoms with van der Waals surface area (Å²) in [6.07, 6.45) is 1.69. The van der Waals surface area contributed by atoms with E-state index in [1.807, 2.05) is 13.0 Å². The first kappa shape index (κ1) is 16.5. The molecule has 0 aliphatic carbocycles. The predicted octanol–water partition coefficient (Wildman–Crippen LogP) is 4.25. The Morgan fingerprint density at radius 1 is 1.21 bits per heavy atom. The minimum Gasteiger partial charge on any atom is -0.378 e. The molecule has 2 heterocycles. The summed E-state index contributed by atoms with van der Waals surface area (Å²) in [5.74, 6) is 0.223. The molecule has 0 aliphatic rings. The standard InChI is InChI=1S/C17H17FN4OS/c1-10-8-12(4-5-13(10)18)21-17-19-7-6-14(22-17)16-11(2)20-15(24-16)9-23-3/h4-8H,9H2,1-3H3,(H,19,21,22). The molecule has 3 aromatic rings. The van der Waals surface area contributed by atoms with E-state index in [9.17, 15) is 4.39 Å². The van der Waals surface area contributed by atoms with Crippen molar-refractivity contribution in [2.45, 2.75) is 20.5 Å². The molecular formula is C17H17FN4OS. The second-order valence-electron chi connectivity index (χ2n) is 5.31. The summed E-state index contributed by atoms with van der Waals surface area (Å²) >= 11 is 1.55. The molecule has 1 N–H and O–H groups in total. The number of nitrogens with one attached hydrogen (secondary N) is 1. The first-order chi connectivity index (χ1) is 11.6. The number of benzene rings is 1. The lowest BCUT2D eigenvalue weighted by Crippen LogP contribution is -1.98. The number of rotatable bonds is 5. The van der Waals surface area contributed by atoms with E-state index >= 15 is 0 Å². The number of anilines is 2. The molecule has 2 aromatic heterocycles. The number of aromatic nitrogens is 3. The van der Waals surface area contributed by atoms with Gasteiger partial charge in [0.1, 0.15) is 10.8 Å². The van der Waals surface area contributed by atoms with E-state index in [0.717, 1.165) is 27.0 Å². The van der Waals surface area contributed by atoms with Gasteiger partial charge < -0.3 is 10.1 Å². The van der Waals surface area contributed by atoms with E-state index in [1.165, 1.54) is 6.07 Å². The fourth-order valence-corrected chi connectivity index (χ4v) is 3.28. The highest BCUT2D eigenvalue weighted by Crippen LogP contribution is 2.29. The summed E-state index contributed by atoms with van der Waals surface area (Å²) in [6.45, 7) is 4.15. The zero-order chi connectivity index (χ0) is 17.1. The minimum atomic E-state index is -0.235. The first-order valence-corrected chi connectivity index (χ1v) is 8.20. The van der Waals surface area contributed by atoms with Crippen molar-refractivity contribution in [3.8, 4) is 10.6 Å². The Morgan fingerprint density at radius 3 is 2.79 bits per heavy atom. The van der Waals surface area contributed by atoms with Gasteiger partial charge in [-0.05, 0) is 43.7 Å². The molecule has 7 heteroatoms. The Kier molecular flexibility index (Phi) is 4.82. The molecule has 124 valence electrons. The topological polar surface area (TPSA) is 59.9 Å². The van der Waals surface area contributed by atoms with Crippen molar-refractivity contribution < 1.29 is 9.13 Å². The molecule has 5 nitrogen and oxygen atoms in total. The molecule has 3 rings (SSSR count). The summed E-state index contributed by atoms with van der Waals surface area (Å²) in [5, 5.41) is 4.01. The summed E-state index contributed by atoms with van der Waals surface area (Å²) < 4.78 is 18.5. The maximum atomic E-state index is 13.4. The average Bonchev–Trinajstić information content (AvgIpc) is 2.92. The van der Waals surface area contributed by atoms with Crippen molar-refractivity contribution in [2.75, 3.05) is 12.4 Å². The zero-order valence-electron chi connectivity index (χ0n) is 13.6. The van der Waals surface area contributed by atoms with Crippen molar-refractivity contribution in [2.24, 2.45) is 0 Å². The molecular weight excluding hydrogens is 327 g/mol. The van der Waals surface area contributed by atoms with E-state index in [0.29, 0.717) is 18.1 Å². The lowest BCUT2D eigenvalue weighted by molar-refractivity contribution is 0.184. The summed E-state index contributed by atoms with van der Waals surface area (Å²) in [6, 6.07) is 6.65. The van der Waals surface area contributed by atoms with Crippen LogP contribution in [-0.2, 0) is 11.3 Å². The van der Waals surface area contributed by atoms with Crippen LogP contribution in [0.15, 0.2) is 30.5 Å². The van der Waals surface area contributed by atoms with Crippen molar-refractivity contribution in [3.05, 3.63) is 52.5 Å². The van der Waals surface area contributed by atoms with Gasteiger partial charge in [0.15, 0.2) is 0 Å². The molecule has 0 aliphatic heterocycles. The largest absolute Gasteiger partial charge is 0.378 e. The fraction of sp³-hybridized carbons (Fsp3) is 0.235. The van der Waals surface area contributed by atoms with E-state index in [2.05, 4.69) is 20.3 Å². The Labute approximate surface area is 143 Å². The predicted molar refractivity (Wildman–Crippen MR) is 93.0 cm³/mol. The van der Waals surface area contributed by atoms with Crippen LogP contribution in [0, 0.1) is 19.7 Å². The number of thiazole rings is 1. The SMILES string of the molecule is COCc1nc(C)c(-c2ccnc(Nc3ccc(F)c(C)c3)n2)s1. The second-order valence-corrected chi connectivity index (χ2v) is 6.39. The van der Waals surface area contributed by atoms with Crippen LogP contribution in [0.5, 0.6) is 0 Å². The van der Waals surface area contributed by atoms with Crippen LogP contribution in [-0.4, -0.2) is 22.1 Å². The molecule has 0 saturated heterocycles. The number of aryl methyl sites for hydroxylation is 2. The van der Waals surface area contributed by atoms with Gasteiger partial charge in [-0.2, -0.15) is 0 Å². The number of hydrogen-bond donors (Lipinski definition) is 1. The molecule has 24 heavy (non-hydrogen) atoms. The number of methoxy groups -OCH3 is 1. The summed E-state index contributed by atoms with van der Waals surface area (Å²) in [4.78, 5) is 14.2. The van der Waals surface area contributed by atoms with Gasteiger partial charge in [-0.25, -0.2) is 19.3 Å². The molecule has 0 amide bonds. The number of halogens is 1. The third-order valence-corrected chi connectivity index (χ3v) is 4.56. The van der Waals surface area contributed by atoms with Gasteiger partial charge in [0, 0.05) is 19.0 Å². The number of nitrogens with zero attached hydrogens (tertiary/aromatic N) is 3. The van der Waals surface area contributed by atoms with Crippen LogP contribution in [0.2, 0.25) is 0 Å². The summed E-state index contributed by atoms with van der Waals surface area (Å²) in [5.41, 5.74) is 3.02. The molecule has 0 atom stereocenters. The number of hydrogen-bond acceptors (Lipinski definition) is 6. The Balaban J connectivity index is 1.87. The third kappa shape index (κ3) is 3.58. The summed E-state index contributed by atoms with van der Waals surface area (Å²) in [7, 11) is 1.65. The molecule has 0 saturated carbocycles. The Hall–Kier alpha value is -2.38. The second kappa shape index (κ2) is 7.02. The van der Waals surface area contributed by atoms with Gasteiger partial charge in [0.25, 0.3) is 0 Å². The first-order valence-electron chi connectivity index (χ1n) is 7.38. The number of ether oxygens (including phenoxy) is 1. The van der Waals surface area contributed by atoms with Crippen LogP contribution >= 0.6 is 11.3 Å². The highest BCUT2D eigenvalue weighted by molar-refractivity contribution is 7.15. The van der Waals surface area contributed by atoms with E-state index in [4.69, 9.17) is 4.74 Å². The minimum absolute atomic E-state index is 0.235. The highest BCUT2D eigenvalue weighted by atomic mass is 32.1. The molecule has 0 radical (unpaired) electrons. The van der Waals surface area contributed by atoms with E-state index in [1.54, 1.807) is 43.7 Å². The van der Waals surface area contributed by atoms with Gasteiger partial charge in [0.05, 0.1) is 22.9 Å². The van der Waals surface area contributed by atoms with Crippen molar-refractivity contribution in [1.82, 2.24) is 15.0 Å². The fourth-order valence-electron chi connectivity index (χ4n) is 2.27. The molecule has 0 spiro atoms. The van der Waals surface area contributed by atoms with Gasteiger partial charge in [0.2, 0.25) is 5.95 Å². The average molecular weight is 344 g/mol. The van der Waals surface area contributed by atoms with Crippen LogP contribution in [0.1, 0.15) is 16.3 Å². The van der Waals surface area contributed by atoms with Gasteiger partial charge in [-0.15, -0.1) is 11.3 Å². The smallest absolute Gasteiger partial charge is 0.227 e. The maximum Gasteiger partial charge on any atom is 0.227 e. The van der Waals surface area contributed by atoms with Crippen LogP contribution < -0.4 is 5.32 Å². The monoisotopic (exact) mass is 344 g/mol. The molecule has 0 unspecified atom stereocenters. The van der Waals surface area contributed by atoms with Crippen molar-refractivity contribution >= 4 is 23.0 Å². The maximum absolute atomic E-state index is 13.4. The Bertz CT molecular complexity index is 866. The van der Waals surface area contributed by atoms with Gasteiger partial charge in [-0.1, -0.05) is 0 Å². The molecule has 0 fully saturated rings. The zero-order valence-corrected chi connectivity index (χ0v) is 14.4. The Morgan fingerprint density at radius 2 is 2.04 bits per heavy atom. The molecule has 0 bridgehead atoms. The van der Waals surface area contributed by atoms with Gasteiger partial charge in [-0.3, -0.25) is 0 Å². The van der Waals surface area contributed by atoms with Crippen LogP contribution in [0.4, 0.5) is 16.0 Å². The van der Waals surface area contributed by atoms with Gasteiger partial charge >= 0.3 is 0 Å². The van der Waals surface area contributed by atoms with Crippen molar-refractivity contribution in [1.29, 1.82) is 0 Å². The van der Waals surface area contributed by atoms with Crippen LogP contribution in [0.25, 0.3) is 10.6 Å². The van der Waals surface area contributed by atoms with E-state index < -0.39 is 0 Å². The third-order valence-electron chi connectivity index (χ3n) is 3.41. The highest BCUT2D eigenvalue weighted by Gasteiger charge is 2.12. The van der Waals surface area contributed by atoms with E-state index in [-0.39, 0.29) is 5.82 Å².